The predicted octanol–water partition coefficient (Wildman–Crippen LogP) is 3.95. The van der Waals surface area contributed by atoms with Gasteiger partial charge in [-0.1, -0.05) is 30.3 Å². The molecule has 1 fully saturated rings. The number of likely N-dealkylation sites (tertiary alicyclic amines) is 1. The van der Waals surface area contributed by atoms with Crippen LogP contribution in [0.4, 0.5) is 0 Å². The number of nitrogens with one attached hydrogen (secondary N) is 1. The molecule has 5 nitrogen and oxygen atoms in total. The van der Waals surface area contributed by atoms with Crippen LogP contribution in [0, 0.1) is 0 Å². The van der Waals surface area contributed by atoms with Gasteiger partial charge >= 0.3 is 0 Å². The van der Waals surface area contributed by atoms with Gasteiger partial charge in [0.2, 0.25) is 5.91 Å². The van der Waals surface area contributed by atoms with Crippen LogP contribution in [-0.4, -0.2) is 35.4 Å². The van der Waals surface area contributed by atoms with E-state index in [0.29, 0.717) is 13.0 Å². The number of carbonyl (C=O) groups is 1. The van der Waals surface area contributed by atoms with E-state index in [2.05, 4.69) is 15.2 Å². The molecule has 2 unspecified atom stereocenters. The maximum Gasteiger partial charge on any atom is 0.227 e. The number of pyridine rings is 1. The zero-order chi connectivity index (χ0) is 19.9. The number of benzene rings is 1. The summed E-state index contributed by atoms with van der Waals surface area (Å²) in [6.45, 7) is 2.63. The summed E-state index contributed by atoms with van der Waals surface area (Å²) in [6, 6.07) is 17.9. The molecule has 0 bridgehead atoms. The van der Waals surface area contributed by atoms with Gasteiger partial charge in [-0.25, -0.2) is 0 Å². The number of hydrogen-bond acceptors (Lipinski definition) is 4. The molecule has 0 radical (unpaired) electrons. The summed E-state index contributed by atoms with van der Waals surface area (Å²) in [7, 11) is 0. The molecule has 2 aromatic heterocycles. The molecule has 0 saturated carbocycles. The lowest BCUT2D eigenvalue weighted by Gasteiger charge is -2.27. The second kappa shape index (κ2) is 9.52. The monoisotopic (exact) mass is 389 g/mol. The van der Waals surface area contributed by atoms with E-state index < -0.39 is 0 Å². The Bertz CT molecular complexity index is 875. The highest BCUT2D eigenvalue weighted by molar-refractivity contribution is 5.84. The van der Waals surface area contributed by atoms with Crippen LogP contribution in [0.5, 0.6) is 0 Å². The van der Waals surface area contributed by atoms with Gasteiger partial charge in [0.05, 0.1) is 18.2 Å². The zero-order valence-electron chi connectivity index (χ0n) is 16.5. The number of carbonyl (C=O) groups excluding carboxylic acids is 1. The van der Waals surface area contributed by atoms with Gasteiger partial charge in [0.1, 0.15) is 5.76 Å². The van der Waals surface area contributed by atoms with Crippen molar-refractivity contribution < 1.29 is 9.21 Å². The van der Waals surface area contributed by atoms with Crippen molar-refractivity contribution in [1.82, 2.24) is 15.2 Å². The Hall–Kier alpha value is -2.92. The Labute approximate surface area is 171 Å². The van der Waals surface area contributed by atoms with Gasteiger partial charge in [-0.2, -0.15) is 0 Å². The lowest BCUT2D eigenvalue weighted by atomic mass is 9.91. The van der Waals surface area contributed by atoms with E-state index >= 15 is 0 Å². The Morgan fingerprint density at radius 2 is 1.79 bits per heavy atom. The number of amides is 1. The van der Waals surface area contributed by atoms with Crippen molar-refractivity contribution in [3.8, 4) is 0 Å². The third kappa shape index (κ3) is 4.93. The molecule has 2 atom stereocenters. The van der Waals surface area contributed by atoms with Crippen molar-refractivity contribution in [2.24, 2.45) is 0 Å². The number of hydrogen-bond donors (Lipinski definition) is 1. The molecule has 150 valence electrons. The van der Waals surface area contributed by atoms with E-state index in [1.807, 2.05) is 54.6 Å². The van der Waals surface area contributed by atoms with E-state index in [1.54, 1.807) is 18.7 Å². The maximum absolute atomic E-state index is 13.3. The summed E-state index contributed by atoms with van der Waals surface area (Å²) in [5.41, 5.74) is 2.13. The Morgan fingerprint density at radius 3 is 2.48 bits per heavy atom. The number of furan rings is 1. The predicted molar refractivity (Wildman–Crippen MR) is 112 cm³/mol. The van der Waals surface area contributed by atoms with Crippen molar-refractivity contribution >= 4 is 5.91 Å². The average molecular weight is 389 g/mol. The topological polar surface area (TPSA) is 58.4 Å². The Kier molecular flexibility index (Phi) is 6.37. The summed E-state index contributed by atoms with van der Waals surface area (Å²) < 4.78 is 5.68. The SMILES string of the molecule is O=C(NCC(c1ccco1)N1CCCC1)C(Cc1ccncc1)c1ccccc1. The molecular formula is C24H27N3O2. The number of rotatable bonds is 8. The fourth-order valence-electron chi connectivity index (χ4n) is 4.07. The summed E-state index contributed by atoms with van der Waals surface area (Å²) >= 11 is 0. The number of aromatic nitrogens is 1. The molecule has 1 aliphatic rings. The Morgan fingerprint density at radius 1 is 1.03 bits per heavy atom. The lowest BCUT2D eigenvalue weighted by Crippen LogP contribution is -2.39. The molecule has 1 aliphatic heterocycles. The smallest absolute Gasteiger partial charge is 0.227 e. The molecule has 3 heterocycles. The van der Waals surface area contributed by atoms with E-state index in [0.717, 1.165) is 30.0 Å². The van der Waals surface area contributed by atoms with Crippen LogP contribution < -0.4 is 5.32 Å². The highest BCUT2D eigenvalue weighted by Gasteiger charge is 2.28. The van der Waals surface area contributed by atoms with E-state index in [-0.39, 0.29) is 17.9 Å². The van der Waals surface area contributed by atoms with E-state index in [9.17, 15) is 4.79 Å². The summed E-state index contributed by atoms with van der Waals surface area (Å²) in [5.74, 6) is 0.718. The van der Waals surface area contributed by atoms with Gasteiger partial charge in [0, 0.05) is 18.9 Å². The first-order valence-corrected chi connectivity index (χ1v) is 10.3. The minimum Gasteiger partial charge on any atom is -0.468 e. The van der Waals surface area contributed by atoms with Crippen LogP contribution >= 0.6 is 0 Å². The molecule has 1 saturated heterocycles. The standard InChI is InChI=1S/C24H27N3O2/c28-24(26-18-22(23-9-6-16-29-23)27-14-4-5-15-27)21(20-7-2-1-3-8-20)17-19-10-12-25-13-11-19/h1-3,6-13,16,21-22H,4-5,14-15,17-18H2,(H,26,28). The first kappa shape index (κ1) is 19.4. The molecule has 3 aromatic rings. The van der Waals surface area contributed by atoms with Gasteiger partial charge in [0.15, 0.2) is 0 Å². The van der Waals surface area contributed by atoms with Crippen molar-refractivity contribution in [1.29, 1.82) is 0 Å². The van der Waals surface area contributed by atoms with E-state index in [1.165, 1.54) is 12.8 Å². The first-order chi connectivity index (χ1) is 14.3. The molecule has 5 heteroatoms. The number of nitrogens with zero attached hydrogens (tertiary/aromatic N) is 2. The van der Waals surface area contributed by atoms with Crippen LogP contribution in [0.2, 0.25) is 0 Å². The van der Waals surface area contributed by atoms with Gasteiger partial charge < -0.3 is 9.73 Å². The highest BCUT2D eigenvalue weighted by atomic mass is 16.3. The first-order valence-electron chi connectivity index (χ1n) is 10.3. The second-order valence-electron chi connectivity index (χ2n) is 7.54. The van der Waals surface area contributed by atoms with Crippen molar-refractivity contribution in [3.05, 3.63) is 90.1 Å². The third-order valence-electron chi connectivity index (χ3n) is 5.63. The Balaban J connectivity index is 1.49. The largest absolute Gasteiger partial charge is 0.468 e. The van der Waals surface area contributed by atoms with Crippen molar-refractivity contribution in [2.75, 3.05) is 19.6 Å². The van der Waals surface area contributed by atoms with Gasteiger partial charge in [-0.15, -0.1) is 0 Å². The maximum atomic E-state index is 13.3. The molecule has 1 amide bonds. The van der Waals surface area contributed by atoms with Crippen LogP contribution in [0.3, 0.4) is 0 Å². The molecule has 1 N–H and O–H groups in total. The average Bonchev–Trinajstić information content (AvgIpc) is 3.48. The van der Waals surface area contributed by atoms with E-state index in [4.69, 9.17) is 4.42 Å². The van der Waals surface area contributed by atoms with Crippen molar-refractivity contribution in [2.45, 2.75) is 31.2 Å². The second-order valence-corrected chi connectivity index (χ2v) is 7.54. The lowest BCUT2D eigenvalue weighted by molar-refractivity contribution is -0.122. The third-order valence-corrected chi connectivity index (χ3v) is 5.63. The zero-order valence-corrected chi connectivity index (χ0v) is 16.5. The van der Waals surface area contributed by atoms with Crippen LogP contribution in [0.1, 0.15) is 41.7 Å². The molecule has 29 heavy (non-hydrogen) atoms. The summed E-state index contributed by atoms with van der Waals surface area (Å²) in [6.07, 6.45) is 8.29. The molecule has 4 rings (SSSR count). The van der Waals surface area contributed by atoms with Gasteiger partial charge in [-0.05, 0) is 67.7 Å². The highest BCUT2D eigenvalue weighted by Crippen LogP contribution is 2.26. The summed E-state index contributed by atoms with van der Waals surface area (Å²) in [5, 5.41) is 3.21. The minimum atomic E-state index is -0.241. The molecule has 1 aromatic carbocycles. The van der Waals surface area contributed by atoms with Crippen LogP contribution in [-0.2, 0) is 11.2 Å². The molecular weight excluding hydrogens is 362 g/mol. The minimum absolute atomic E-state index is 0.0452. The van der Waals surface area contributed by atoms with Gasteiger partial charge in [-0.3, -0.25) is 14.7 Å². The normalized spacial score (nSPS) is 16.4. The van der Waals surface area contributed by atoms with Gasteiger partial charge in [0.25, 0.3) is 0 Å². The summed E-state index contributed by atoms with van der Waals surface area (Å²) in [4.78, 5) is 19.7. The molecule has 0 aliphatic carbocycles. The quantitative estimate of drug-likeness (QED) is 0.634. The van der Waals surface area contributed by atoms with Crippen LogP contribution in [0.25, 0.3) is 0 Å². The molecule has 0 spiro atoms. The fourth-order valence-corrected chi connectivity index (χ4v) is 4.07. The van der Waals surface area contributed by atoms with Crippen molar-refractivity contribution in [3.63, 3.8) is 0 Å². The van der Waals surface area contributed by atoms with Crippen LogP contribution in [0.15, 0.2) is 77.7 Å². The fraction of sp³-hybridized carbons (Fsp3) is 0.333.